The van der Waals surface area contributed by atoms with Gasteiger partial charge in [0.2, 0.25) is 0 Å². The zero-order valence-electron chi connectivity index (χ0n) is 31.8. The van der Waals surface area contributed by atoms with Crippen LogP contribution in [0.1, 0.15) is 53.2 Å². The first-order valence-electron chi connectivity index (χ1n) is 17.6. The van der Waals surface area contributed by atoms with Crippen molar-refractivity contribution in [1.29, 1.82) is 0 Å². The topological polar surface area (TPSA) is 86.0 Å². The van der Waals surface area contributed by atoms with Gasteiger partial charge in [-0.1, -0.05) is 0 Å². The molecule has 1 fully saturated rings. The number of hydrogen-bond acceptors (Lipinski definition) is 5. The lowest BCUT2D eigenvalue weighted by molar-refractivity contribution is 0.0559. The van der Waals surface area contributed by atoms with Gasteiger partial charge in [-0.3, -0.25) is 4.79 Å². The Morgan fingerprint density at radius 1 is 0.623 bits per heavy atom. The van der Waals surface area contributed by atoms with E-state index >= 15 is 0 Å². The van der Waals surface area contributed by atoms with Crippen LogP contribution in [0.15, 0.2) is 73.1 Å². The third kappa shape index (κ3) is 12.0. The lowest BCUT2D eigenvalue weighted by atomic mass is 10.1. The summed E-state index contributed by atoms with van der Waals surface area (Å²) in [5.41, 5.74) is -0.648. The summed E-state index contributed by atoms with van der Waals surface area (Å²) in [7, 11) is 0. The Labute approximate surface area is 341 Å². The SMILES string of the molecule is C1CCOC1.Cc1nn(C(F)F)cc1-c1ccc(NC(=O)c2c(F)cc(F)cc2F)cc1F.Cc1nn(C(F)F)cc1-c1ccc(NCc2c(F)cc(F)cc2F)cc1F.[B]. The van der Waals surface area contributed by atoms with Crippen molar-refractivity contribution in [2.75, 3.05) is 23.8 Å². The second kappa shape index (κ2) is 20.8. The van der Waals surface area contributed by atoms with E-state index in [1.165, 1.54) is 51.0 Å². The minimum absolute atomic E-state index is 0. The molecule has 2 N–H and O–H groups in total. The molecule has 0 saturated carbocycles. The van der Waals surface area contributed by atoms with E-state index in [1.54, 1.807) is 0 Å². The number of amides is 1. The summed E-state index contributed by atoms with van der Waals surface area (Å²) in [5, 5.41) is 11.9. The summed E-state index contributed by atoms with van der Waals surface area (Å²) in [5.74, 6) is -10.0. The number of anilines is 2. The molecular weight excluding hydrogens is 835 g/mol. The van der Waals surface area contributed by atoms with Crippen LogP contribution in [-0.2, 0) is 11.3 Å². The van der Waals surface area contributed by atoms with Crippen molar-refractivity contribution >= 4 is 25.7 Å². The van der Waals surface area contributed by atoms with E-state index in [0.29, 0.717) is 33.6 Å². The van der Waals surface area contributed by atoms with Gasteiger partial charge in [-0.15, -0.1) is 0 Å². The van der Waals surface area contributed by atoms with Crippen LogP contribution in [0.3, 0.4) is 0 Å². The lowest BCUT2D eigenvalue weighted by Crippen LogP contribution is -2.16. The summed E-state index contributed by atoms with van der Waals surface area (Å²) in [6.45, 7) is -1.18. The highest BCUT2D eigenvalue weighted by Crippen LogP contribution is 2.31. The largest absolute Gasteiger partial charge is 0.381 e. The molecule has 21 heteroatoms. The maximum atomic E-state index is 14.4. The Morgan fingerprint density at radius 2 is 1.05 bits per heavy atom. The number of rotatable bonds is 9. The average molecular weight is 868 g/mol. The molecule has 0 unspecified atom stereocenters. The number of alkyl halides is 4. The predicted octanol–water partition coefficient (Wildman–Crippen LogP) is 10.9. The Kier molecular flexibility index (Phi) is 16.2. The molecule has 61 heavy (non-hydrogen) atoms. The third-order valence-electron chi connectivity index (χ3n) is 8.65. The number of aryl methyl sites for hydroxylation is 2. The fourth-order valence-electron chi connectivity index (χ4n) is 5.74. The van der Waals surface area contributed by atoms with Crippen LogP contribution < -0.4 is 10.6 Å². The molecule has 3 heterocycles. The number of benzene rings is 4. The van der Waals surface area contributed by atoms with Crippen molar-refractivity contribution in [1.82, 2.24) is 19.6 Å². The molecular formula is C40H32BF12N6O2. The van der Waals surface area contributed by atoms with Crippen molar-refractivity contribution in [2.45, 2.75) is 46.3 Å². The molecule has 1 aliphatic rings. The molecule has 7 rings (SSSR count). The second-order valence-corrected chi connectivity index (χ2v) is 12.9. The molecule has 4 aromatic carbocycles. The first kappa shape index (κ1) is 47.4. The third-order valence-corrected chi connectivity index (χ3v) is 8.65. The Morgan fingerprint density at radius 3 is 1.44 bits per heavy atom. The van der Waals surface area contributed by atoms with E-state index in [2.05, 4.69) is 20.8 Å². The van der Waals surface area contributed by atoms with E-state index < -0.39 is 76.7 Å². The van der Waals surface area contributed by atoms with Gasteiger partial charge in [0.05, 0.1) is 11.4 Å². The van der Waals surface area contributed by atoms with Crippen molar-refractivity contribution < 1.29 is 62.2 Å². The van der Waals surface area contributed by atoms with E-state index in [1.807, 2.05) is 0 Å². The smallest absolute Gasteiger partial charge is 0.333 e. The van der Waals surface area contributed by atoms with Crippen LogP contribution in [0.4, 0.5) is 64.1 Å². The molecule has 3 radical (unpaired) electrons. The minimum atomic E-state index is -2.89. The number of ether oxygens (including phenoxy) is 1. The molecule has 0 bridgehead atoms. The molecule has 0 atom stereocenters. The van der Waals surface area contributed by atoms with Crippen LogP contribution in [0.2, 0.25) is 0 Å². The maximum absolute atomic E-state index is 14.4. The zero-order chi connectivity index (χ0) is 43.8. The highest BCUT2D eigenvalue weighted by Gasteiger charge is 2.21. The van der Waals surface area contributed by atoms with Gasteiger partial charge < -0.3 is 15.4 Å². The van der Waals surface area contributed by atoms with Gasteiger partial charge >= 0.3 is 13.1 Å². The molecule has 1 amide bonds. The quantitative estimate of drug-likeness (QED) is 0.112. The fourth-order valence-corrected chi connectivity index (χ4v) is 5.74. The molecule has 321 valence electrons. The van der Waals surface area contributed by atoms with Crippen molar-refractivity contribution in [3.8, 4) is 22.3 Å². The molecule has 2 aromatic heterocycles. The van der Waals surface area contributed by atoms with Gasteiger partial charge in [0.15, 0.2) is 0 Å². The monoisotopic (exact) mass is 867 g/mol. The highest BCUT2D eigenvalue weighted by molar-refractivity contribution is 6.04. The van der Waals surface area contributed by atoms with Crippen LogP contribution in [-0.4, -0.2) is 47.1 Å². The molecule has 6 aromatic rings. The van der Waals surface area contributed by atoms with Crippen molar-refractivity contribution in [2.24, 2.45) is 0 Å². The number of carbonyl (C=O) groups is 1. The first-order chi connectivity index (χ1) is 28.4. The Bertz CT molecular complexity index is 2420. The van der Waals surface area contributed by atoms with Gasteiger partial charge in [0.25, 0.3) is 5.91 Å². The van der Waals surface area contributed by atoms with Crippen LogP contribution in [0.25, 0.3) is 22.3 Å². The van der Waals surface area contributed by atoms with Gasteiger partial charge in [-0.05, 0) is 63.1 Å². The number of halogens is 12. The number of hydrogen-bond donors (Lipinski definition) is 2. The summed E-state index contributed by atoms with van der Waals surface area (Å²) >= 11 is 0. The first-order valence-corrected chi connectivity index (χ1v) is 17.6. The summed E-state index contributed by atoms with van der Waals surface area (Å²) < 4.78 is 166. The van der Waals surface area contributed by atoms with Crippen molar-refractivity contribution in [3.05, 3.63) is 142 Å². The van der Waals surface area contributed by atoms with Gasteiger partial charge in [-0.25, -0.2) is 44.5 Å². The van der Waals surface area contributed by atoms with Gasteiger partial charge in [0, 0.05) is 104 Å². The van der Waals surface area contributed by atoms with E-state index in [-0.39, 0.29) is 60.0 Å². The average Bonchev–Trinajstić information content (AvgIpc) is 3.95. The Balaban J connectivity index is 0.000000237. The molecule has 0 aliphatic carbocycles. The predicted molar refractivity (Wildman–Crippen MR) is 201 cm³/mol. The summed E-state index contributed by atoms with van der Waals surface area (Å²) in [6, 6.07) is 8.87. The normalized spacial score (nSPS) is 12.1. The Hall–Kier alpha value is -6.25. The molecule has 0 spiro atoms. The lowest BCUT2D eigenvalue weighted by Gasteiger charge is -2.10. The number of aromatic nitrogens is 4. The summed E-state index contributed by atoms with van der Waals surface area (Å²) in [4.78, 5) is 12.0. The zero-order valence-corrected chi connectivity index (χ0v) is 31.8. The van der Waals surface area contributed by atoms with E-state index in [0.717, 1.165) is 37.7 Å². The molecule has 8 nitrogen and oxygen atoms in total. The van der Waals surface area contributed by atoms with Crippen LogP contribution >= 0.6 is 0 Å². The highest BCUT2D eigenvalue weighted by atomic mass is 19.3. The van der Waals surface area contributed by atoms with Crippen LogP contribution in [0, 0.1) is 60.4 Å². The molecule has 1 saturated heterocycles. The number of carbonyl (C=O) groups excluding carboxylic acids is 1. The maximum Gasteiger partial charge on any atom is 0.333 e. The number of nitrogens with zero attached hydrogens (tertiary/aromatic N) is 4. The van der Waals surface area contributed by atoms with E-state index in [9.17, 15) is 57.5 Å². The summed E-state index contributed by atoms with van der Waals surface area (Å²) in [6.07, 6.45) is 4.56. The molecule has 1 aliphatic heterocycles. The minimum Gasteiger partial charge on any atom is -0.381 e. The van der Waals surface area contributed by atoms with Crippen LogP contribution in [0.5, 0.6) is 0 Å². The van der Waals surface area contributed by atoms with Gasteiger partial charge in [0.1, 0.15) is 52.1 Å². The number of nitrogens with one attached hydrogen (secondary N) is 2. The van der Waals surface area contributed by atoms with Crippen molar-refractivity contribution in [3.63, 3.8) is 0 Å². The standard InChI is InChI=1S/C18H11F6N3O.C18H13F6N3.C4H8O.B/c1-8-12(7-27(26-8)18(23)24)11-3-2-10(6-13(11)20)25-17(28)16-14(21)4-9(19)5-15(16)22;1-9-14(8-27(26-9)18(23)24)12-3-2-11(6-17(12)22)25-7-13-15(20)4-10(19)5-16(13)21;1-2-4-5-3-1;/h2-7,18H,1H3,(H,25,28);2-6,8,18,25H,7H2,1H3;1-4H2;. The fraction of sp³-hybridized carbons (Fsp3) is 0.225. The van der Waals surface area contributed by atoms with Gasteiger partial charge in [-0.2, -0.15) is 27.8 Å². The van der Waals surface area contributed by atoms with E-state index in [4.69, 9.17) is 4.74 Å². The second-order valence-electron chi connectivity index (χ2n) is 12.9.